The van der Waals surface area contributed by atoms with Gasteiger partial charge in [-0.1, -0.05) is 12.1 Å². The van der Waals surface area contributed by atoms with E-state index in [-0.39, 0.29) is 11.9 Å². The Morgan fingerprint density at radius 2 is 1.96 bits per heavy atom. The monoisotopic (exact) mass is 376 g/mol. The number of carbonyl (C=O) groups is 1. The average Bonchev–Trinajstić information content (AvgIpc) is 3.33. The topological polar surface area (TPSA) is 75.9 Å². The minimum absolute atomic E-state index is 0.0321. The molecule has 144 valence electrons. The molecule has 28 heavy (non-hydrogen) atoms. The number of anilines is 1. The molecule has 1 aliphatic heterocycles. The first-order chi connectivity index (χ1) is 13.6. The van der Waals surface area contributed by atoms with Gasteiger partial charge in [-0.15, -0.1) is 0 Å². The molecule has 7 nitrogen and oxygen atoms in total. The third-order valence-corrected chi connectivity index (χ3v) is 5.16. The van der Waals surface area contributed by atoms with Crippen molar-refractivity contribution in [3.8, 4) is 11.3 Å². The molecule has 0 aliphatic carbocycles. The Morgan fingerprint density at radius 1 is 1.18 bits per heavy atom. The van der Waals surface area contributed by atoms with Crippen molar-refractivity contribution in [1.82, 2.24) is 24.6 Å². The molecular formula is C21H24N6O. The maximum atomic E-state index is 12.9. The maximum Gasteiger partial charge on any atom is 0.241 e. The van der Waals surface area contributed by atoms with E-state index in [0.29, 0.717) is 6.54 Å². The highest BCUT2D eigenvalue weighted by Crippen LogP contribution is 2.23. The van der Waals surface area contributed by atoms with Gasteiger partial charge in [0, 0.05) is 43.4 Å². The lowest BCUT2D eigenvalue weighted by atomic mass is 10.1. The summed E-state index contributed by atoms with van der Waals surface area (Å²) in [5.74, 6) is 0.0321. The second kappa shape index (κ2) is 7.90. The molecule has 0 bridgehead atoms. The van der Waals surface area contributed by atoms with Gasteiger partial charge < -0.3 is 5.32 Å². The maximum absolute atomic E-state index is 12.9. The molecule has 0 saturated carbocycles. The Labute approximate surface area is 164 Å². The lowest BCUT2D eigenvalue weighted by Crippen LogP contribution is -2.39. The first-order valence-electron chi connectivity index (χ1n) is 9.51. The van der Waals surface area contributed by atoms with Crippen LogP contribution in [-0.2, 0) is 18.4 Å². The van der Waals surface area contributed by atoms with Gasteiger partial charge in [0.15, 0.2) is 0 Å². The Kier molecular flexibility index (Phi) is 5.16. The van der Waals surface area contributed by atoms with E-state index in [2.05, 4.69) is 25.3 Å². The zero-order valence-corrected chi connectivity index (χ0v) is 16.2. The second-order valence-electron chi connectivity index (χ2n) is 7.16. The summed E-state index contributed by atoms with van der Waals surface area (Å²) >= 11 is 0. The van der Waals surface area contributed by atoms with E-state index in [9.17, 15) is 4.79 Å². The van der Waals surface area contributed by atoms with Crippen LogP contribution < -0.4 is 5.32 Å². The molecule has 7 heteroatoms. The molecule has 1 N–H and O–H groups in total. The number of nitrogens with zero attached hydrogens (tertiary/aromatic N) is 5. The van der Waals surface area contributed by atoms with Gasteiger partial charge in [0.25, 0.3) is 0 Å². The van der Waals surface area contributed by atoms with Crippen LogP contribution in [0.5, 0.6) is 0 Å². The number of hydrogen-bond donors (Lipinski definition) is 1. The summed E-state index contributed by atoms with van der Waals surface area (Å²) in [6.45, 7) is 3.50. The molecule has 1 unspecified atom stereocenters. The van der Waals surface area contributed by atoms with Crippen molar-refractivity contribution in [1.29, 1.82) is 0 Å². The first kappa shape index (κ1) is 18.3. The lowest BCUT2D eigenvalue weighted by molar-refractivity contribution is -0.120. The second-order valence-corrected chi connectivity index (χ2v) is 7.16. The summed E-state index contributed by atoms with van der Waals surface area (Å²) in [4.78, 5) is 23.8. The molecule has 1 aromatic carbocycles. The van der Waals surface area contributed by atoms with E-state index >= 15 is 0 Å². The molecule has 1 aliphatic rings. The summed E-state index contributed by atoms with van der Waals surface area (Å²) in [7, 11) is 1.90. The van der Waals surface area contributed by atoms with Crippen LogP contribution in [0.25, 0.3) is 11.3 Å². The molecule has 1 atom stereocenters. The van der Waals surface area contributed by atoms with Crippen LogP contribution in [-0.4, -0.2) is 43.1 Å². The summed E-state index contributed by atoms with van der Waals surface area (Å²) in [6.07, 6.45) is 7.18. The van der Waals surface area contributed by atoms with Gasteiger partial charge in [-0.2, -0.15) is 5.10 Å². The summed E-state index contributed by atoms with van der Waals surface area (Å²) in [5, 5.41) is 7.46. The third-order valence-electron chi connectivity index (χ3n) is 5.16. The summed E-state index contributed by atoms with van der Waals surface area (Å²) in [5.41, 5.74) is 4.59. The van der Waals surface area contributed by atoms with Gasteiger partial charge in [-0.05, 0) is 44.5 Å². The van der Waals surface area contributed by atoms with Gasteiger partial charge >= 0.3 is 0 Å². The van der Waals surface area contributed by atoms with Gasteiger partial charge in [-0.25, -0.2) is 0 Å². The summed E-state index contributed by atoms with van der Waals surface area (Å²) < 4.78 is 1.78. The molecule has 0 spiro atoms. The number of aromatic nitrogens is 4. The van der Waals surface area contributed by atoms with Crippen LogP contribution in [0.2, 0.25) is 0 Å². The standard InChI is InChI=1S/C21H24N6O/c1-15-19(23-11-10-22-15)14-27-12-3-4-20(27)21(28)24-17-7-5-16(6-8-17)18-9-13-26(2)25-18/h5-11,13,20H,3-4,12,14H2,1-2H3,(H,24,28). The largest absolute Gasteiger partial charge is 0.325 e. The van der Waals surface area contributed by atoms with Crippen LogP contribution in [0.3, 0.4) is 0 Å². The van der Waals surface area contributed by atoms with Crippen molar-refractivity contribution in [2.75, 3.05) is 11.9 Å². The van der Waals surface area contributed by atoms with Crippen LogP contribution >= 0.6 is 0 Å². The third kappa shape index (κ3) is 3.94. The molecule has 1 saturated heterocycles. The number of benzene rings is 1. The predicted octanol–water partition coefficient (Wildman–Crippen LogP) is 2.79. The fraction of sp³-hybridized carbons (Fsp3) is 0.333. The number of hydrogen-bond acceptors (Lipinski definition) is 5. The minimum Gasteiger partial charge on any atom is -0.325 e. The van der Waals surface area contributed by atoms with Crippen molar-refractivity contribution in [2.24, 2.45) is 7.05 Å². The van der Waals surface area contributed by atoms with Crippen molar-refractivity contribution < 1.29 is 4.79 Å². The smallest absolute Gasteiger partial charge is 0.241 e. The van der Waals surface area contributed by atoms with Crippen LogP contribution in [0.1, 0.15) is 24.2 Å². The van der Waals surface area contributed by atoms with Crippen molar-refractivity contribution in [3.05, 3.63) is 60.3 Å². The Morgan fingerprint density at radius 3 is 2.68 bits per heavy atom. The normalized spacial score (nSPS) is 17.0. The van der Waals surface area contributed by atoms with Crippen LogP contribution in [0.15, 0.2) is 48.9 Å². The highest BCUT2D eigenvalue weighted by molar-refractivity contribution is 5.95. The Balaban J connectivity index is 1.42. The van der Waals surface area contributed by atoms with Crippen molar-refractivity contribution >= 4 is 11.6 Å². The van der Waals surface area contributed by atoms with Gasteiger partial charge in [0.2, 0.25) is 5.91 Å². The number of aryl methyl sites for hydroxylation is 2. The first-order valence-corrected chi connectivity index (χ1v) is 9.51. The van der Waals surface area contributed by atoms with Crippen LogP contribution in [0.4, 0.5) is 5.69 Å². The average molecular weight is 376 g/mol. The minimum atomic E-state index is -0.142. The molecule has 3 aromatic rings. The SMILES string of the molecule is Cc1nccnc1CN1CCCC1C(=O)Nc1ccc(-c2ccn(C)n2)cc1. The molecular weight excluding hydrogens is 352 g/mol. The number of nitrogens with one attached hydrogen (secondary N) is 1. The highest BCUT2D eigenvalue weighted by Gasteiger charge is 2.31. The fourth-order valence-electron chi connectivity index (χ4n) is 3.62. The molecule has 0 radical (unpaired) electrons. The van der Waals surface area contributed by atoms with E-state index in [1.54, 1.807) is 17.1 Å². The van der Waals surface area contributed by atoms with E-state index in [0.717, 1.165) is 47.7 Å². The number of likely N-dealkylation sites (tertiary alicyclic amines) is 1. The number of amides is 1. The number of carbonyl (C=O) groups excluding carboxylic acids is 1. The zero-order valence-electron chi connectivity index (χ0n) is 16.2. The van der Waals surface area contributed by atoms with E-state index in [4.69, 9.17) is 0 Å². The van der Waals surface area contributed by atoms with Gasteiger partial charge in [-0.3, -0.25) is 24.3 Å². The van der Waals surface area contributed by atoms with E-state index in [1.165, 1.54) is 0 Å². The summed E-state index contributed by atoms with van der Waals surface area (Å²) in [6, 6.07) is 9.64. The Bertz CT molecular complexity index is 965. The zero-order chi connectivity index (χ0) is 19.5. The lowest BCUT2D eigenvalue weighted by Gasteiger charge is -2.23. The quantitative estimate of drug-likeness (QED) is 0.741. The molecule has 1 amide bonds. The van der Waals surface area contributed by atoms with Crippen molar-refractivity contribution in [3.63, 3.8) is 0 Å². The van der Waals surface area contributed by atoms with E-state index < -0.39 is 0 Å². The fourth-order valence-corrected chi connectivity index (χ4v) is 3.62. The predicted molar refractivity (Wildman–Crippen MR) is 107 cm³/mol. The van der Waals surface area contributed by atoms with Crippen LogP contribution in [0, 0.1) is 6.92 Å². The number of rotatable bonds is 5. The molecule has 4 rings (SSSR count). The van der Waals surface area contributed by atoms with Crippen molar-refractivity contribution in [2.45, 2.75) is 32.4 Å². The van der Waals surface area contributed by atoms with Gasteiger partial charge in [0.05, 0.1) is 23.1 Å². The highest BCUT2D eigenvalue weighted by atomic mass is 16.2. The van der Waals surface area contributed by atoms with E-state index in [1.807, 2.05) is 50.5 Å². The van der Waals surface area contributed by atoms with Gasteiger partial charge in [0.1, 0.15) is 0 Å². The molecule has 2 aromatic heterocycles. The molecule has 3 heterocycles. The molecule has 1 fully saturated rings. The Hall–Kier alpha value is -3.06.